The van der Waals surface area contributed by atoms with Crippen molar-refractivity contribution in [2.75, 3.05) is 13.7 Å². The highest BCUT2D eigenvalue weighted by atomic mass is 35.5. The maximum Gasteiger partial charge on any atom is 0.240 e. The summed E-state index contributed by atoms with van der Waals surface area (Å²) in [6.45, 7) is 0.995. The summed E-state index contributed by atoms with van der Waals surface area (Å²) >= 11 is 8.13. The van der Waals surface area contributed by atoms with Gasteiger partial charge in [-0.3, -0.25) is 9.78 Å². The average Bonchev–Trinajstić information content (AvgIpc) is 3.76. The first-order chi connectivity index (χ1) is 21.6. The molecular weight excluding hydrogens is 590 g/mol. The lowest BCUT2D eigenvalue weighted by molar-refractivity contribution is -0.133. The van der Waals surface area contributed by atoms with Crippen molar-refractivity contribution in [1.82, 2.24) is 24.6 Å². The number of aromatic nitrogens is 4. The molecule has 1 atom stereocenters. The number of methoxy groups -OCH3 is 1. The van der Waals surface area contributed by atoms with Crippen LogP contribution < -0.4 is 4.74 Å². The van der Waals surface area contributed by atoms with Crippen LogP contribution >= 0.6 is 23.4 Å². The predicted molar refractivity (Wildman–Crippen MR) is 176 cm³/mol. The molecule has 1 amide bonds. The lowest BCUT2D eigenvalue weighted by Gasteiger charge is -2.32. The number of rotatable bonds is 11. The minimum Gasteiger partial charge on any atom is -0.495 e. The molecule has 0 aliphatic heterocycles. The molecule has 7 nitrogen and oxygen atoms in total. The first-order valence-corrected chi connectivity index (χ1v) is 16.1. The molecule has 44 heavy (non-hydrogen) atoms. The largest absolute Gasteiger partial charge is 0.495 e. The standard InChI is InChI=1S/C35H34ClN5O2S/c1-43-31-17-16-27(24-30(31)36)34-38-33(26-18-20-37-21-19-26)39-41(34)23-22-40(28-12-8-9-13-28)35(42)32(25-10-4-2-5-11-25)44-29-14-6-3-7-15-29/h2-7,10-11,14-21,24,28,32H,8-9,12-13,22-23H2,1H3. The Bertz CT molecular complexity index is 1680. The van der Waals surface area contributed by atoms with E-state index in [0.29, 0.717) is 35.5 Å². The zero-order chi connectivity index (χ0) is 30.3. The van der Waals surface area contributed by atoms with Crippen LogP contribution in [0.1, 0.15) is 36.5 Å². The van der Waals surface area contributed by atoms with Crippen molar-refractivity contribution >= 4 is 29.3 Å². The zero-order valence-corrected chi connectivity index (χ0v) is 26.1. The molecule has 3 aromatic carbocycles. The molecule has 2 aromatic heterocycles. The van der Waals surface area contributed by atoms with E-state index in [1.807, 2.05) is 71.4 Å². The fourth-order valence-corrected chi connectivity index (χ4v) is 7.08. The second kappa shape index (κ2) is 14.1. The number of thioether (sulfide) groups is 1. The van der Waals surface area contributed by atoms with Gasteiger partial charge in [-0.1, -0.05) is 73.0 Å². The van der Waals surface area contributed by atoms with Crippen molar-refractivity contribution in [3.8, 4) is 28.5 Å². The third-order valence-corrected chi connectivity index (χ3v) is 9.49. The summed E-state index contributed by atoms with van der Waals surface area (Å²) in [5.74, 6) is 1.99. The molecule has 1 unspecified atom stereocenters. The van der Waals surface area contributed by atoms with Gasteiger partial charge in [0.25, 0.3) is 0 Å². The van der Waals surface area contributed by atoms with E-state index in [2.05, 4.69) is 34.1 Å². The highest BCUT2D eigenvalue weighted by Crippen LogP contribution is 2.38. The normalized spacial score (nSPS) is 14.0. The number of halogens is 1. The van der Waals surface area contributed by atoms with E-state index >= 15 is 0 Å². The molecular formula is C35H34ClN5O2S. The average molecular weight is 624 g/mol. The van der Waals surface area contributed by atoms with E-state index in [-0.39, 0.29) is 17.2 Å². The molecule has 0 spiro atoms. The van der Waals surface area contributed by atoms with E-state index in [4.69, 9.17) is 26.4 Å². The van der Waals surface area contributed by atoms with Gasteiger partial charge in [0.2, 0.25) is 5.91 Å². The molecule has 0 N–H and O–H groups in total. The van der Waals surface area contributed by atoms with Gasteiger partial charge in [-0.05, 0) is 60.9 Å². The summed E-state index contributed by atoms with van der Waals surface area (Å²) < 4.78 is 7.27. The van der Waals surface area contributed by atoms with Crippen molar-refractivity contribution < 1.29 is 9.53 Å². The molecule has 1 saturated carbocycles. The van der Waals surface area contributed by atoms with E-state index in [0.717, 1.165) is 47.3 Å². The molecule has 6 rings (SSSR count). The Hall–Kier alpha value is -4.14. The first kappa shape index (κ1) is 29.9. The minimum absolute atomic E-state index is 0.125. The summed E-state index contributed by atoms with van der Waals surface area (Å²) in [6.07, 6.45) is 7.72. The van der Waals surface area contributed by atoms with Gasteiger partial charge in [0.1, 0.15) is 11.0 Å². The molecule has 1 fully saturated rings. The SMILES string of the molecule is COc1ccc(-c2nc(-c3ccncc3)nn2CCN(C(=O)C(Sc2ccccc2)c2ccccc2)C2CCCC2)cc1Cl. The van der Waals surface area contributed by atoms with Gasteiger partial charge in [0, 0.05) is 41.0 Å². The van der Waals surface area contributed by atoms with Crippen LogP contribution in [0.25, 0.3) is 22.8 Å². The van der Waals surface area contributed by atoms with Crippen LogP contribution in [-0.4, -0.2) is 50.3 Å². The maximum absolute atomic E-state index is 14.6. The van der Waals surface area contributed by atoms with Crippen molar-refractivity contribution in [2.45, 2.75) is 48.4 Å². The van der Waals surface area contributed by atoms with Crippen LogP contribution in [0.3, 0.4) is 0 Å². The van der Waals surface area contributed by atoms with Crippen LogP contribution in [0.5, 0.6) is 5.75 Å². The number of nitrogens with zero attached hydrogens (tertiary/aromatic N) is 5. The number of carbonyl (C=O) groups excluding carboxylic acids is 1. The number of hydrogen-bond donors (Lipinski definition) is 0. The van der Waals surface area contributed by atoms with Crippen LogP contribution in [-0.2, 0) is 11.3 Å². The molecule has 5 aromatic rings. The number of pyridine rings is 1. The Balaban J connectivity index is 1.34. The molecule has 2 heterocycles. The molecule has 0 saturated heterocycles. The van der Waals surface area contributed by atoms with Gasteiger partial charge < -0.3 is 9.64 Å². The molecule has 1 aliphatic rings. The third-order valence-electron chi connectivity index (χ3n) is 7.95. The van der Waals surface area contributed by atoms with Crippen molar-refractivity contribution in [3.63, 3.8) is 0 Å². The highest BCUT2D eigenvalue weighted by molar-refractivity contribution is 8.00. The van der Waals surface area contributed by atoms with Crippen molar-refractivity contribution in [2.24, 2.45) is 0 Å². The van der Waals surface area contributed by atoms with Gasteiger partial charge >= 0.3 is 0 Å². The summed E-state index contributed by atoms with van der Waals surface area (Å²) in [5, 5.41) is 5.06. The molecule has 0 bridgehead atoms. The molecule has 9 heteroatoms. The summed E-state index contributed by atoms with van der Waals surface area (Å²) in [4.78, 5) is 26.8. The van der Waals surface area contributed by atoms with Crippen molar-refractivity contribution in [3.05, 3.63) is 114 Å². The Kier molecular flexibility index (Phi) is 9.58. The number of ether oxygens (including phenoxy) is 1. The summed E-state index contributed by atoms with van der Waals surface area (Å²) in [5.41, 5.74) is 2.69. The fraction of sp³-hybridized carbons (Fsp3) is 0.257. The van der Waals surface area contributed by atoms with Crippen LogP contribution in [0.15, 0.2) is 108 Å². The first-order valence-electron chi connectivity index (χ1n) is 14.9. The topological polar surface area (TPSA) is 73.1 Å². The lowest BCUT2D eigenvalue weighted by Crippen LogP contribution is -2.43. The molecule has 0 radical (unpaired) electrons. The molecule has 224 valence electrons. The lowest BCUT2D eigenvalue weighted by atomic mass is 10.1. The predicted octanol–water partition coefficient (Wildman–Crippen LogP) is 7.97. The third kappa shape index (κ3) is 6.82. The summed E-state index contributed by atoms with van der Waals surface area (Å²) in [7, 11) is 1.60. The summed E-state index contributed by atoms with van der Waals surface area (Å²) in [6, 6.07) is 29.9. The van der Waals surface area contributed by atoms with Gasteiger partial charge in [0.05, 0.1) is 18.7 Å². The van der Waals surface area contributed by atoms with E-state index in [1.165, 1.54) is 0 Å². The van der Waals surface area contributed by atoms with Crippen molar-refractivity contribution in [1.29, 1.82) is 0 Å². The van der Waals surface area contributed by atoms with Gasteiger partial charge in [0.15, 0.2) is 11.6 Å². The monoisotopic (exact) mass is 623 g/mol. The quantitative estimate of drug-likeness (QED) is 0.139. The van der Waals surface area contributed by atoms with Gasteiger partial charge in [-0.25, -0.2) is 9.67 Å². The number of hydrogen-bond acceptors (Lipinski definition) is 6. The van der Waals surface area contributed by atoms with Crippen LogP contribution in [0.4, 0.5) is 0 Å². The Morgan fingerprint density at radius 1 is 0.977 bits per heavy atom. The number of amides is 1. The van der Waals surface area contributed by atoms with Crippen LogP contribution in [0, 0.1) is 0 Å². The maximum atomic E-state index is 14.6. The second-order valence-electron chi connectivity index (χ2n) is 10.8. The van der Waals surface area contributed by atoms with E-state index in [1.54, 1.807) is 31.3 Å². The number of benzene rings is 3. The highest BCUT2D eigenvalue weighted by Gasteiger charge is 2.33. The van der Waals surface area contributed by atoms with Gasteiger partial charge in [-0.15, -0.1) is 11.8 Å². The number of carbonyl (C=O) groups is 1. The Labute approximate surface area is 267 Å². The fourth-order valence-electron chi connectivity index (χ4n) is 5.71. The van der Waals surface area contributed by atoms with E-state index in [9.17, 15) is 4.79 Å². The van der Waals surface area contributed by atoms with Gasteiger partial charge in [-0.2, -0.15) is 5.10 Å². The van der Waals surface area contributed by atoms with Crippen LogP contribution in [0.2, 0.25) is 5.02 Å². The Morgan fingerprint density at radius 3 is 2.36 bits per heavy atom. The zero-order valence-electron chi connectivity index (χ0n) is 24.6. The molecule has 1 aliphatic carbocycles. The minimum atomic E-state index is -0.359. The second-order valence-corrected chi connectivity index (χ2v) is 12.3. The van der Waals surface area contributed by atoms with E-state index < -0.39 is 0 Å². The Morgan fingerprint density at radius 2 is 1.68 bits per heavy atom. The smallest absolute Gasteiger partial charge is 0.240 e.